The number of ether oxygens (including phenoxy) is 1. The fourth-order valence-electron chi connectivity index (χ4n) is 2.80. The Morgan fingerprint density at radius 1 is 1.34 bits per heavy atom. The van der Waals surface area contributed by atoms with Crippen molar-refractivity contribution >= 4 is 11.0 Å². The van der Waals surface area contributed by atoms with Crippen LogP contribution in [-0.2, 0) is 6.61 Å². The van der Waals surface area contributed by atoms with E-state index in [9.17, 15) is 23.1 Å². The van der Waals surface area contributed by atoms with Gasteiger partial charge in [0, 0.05) is 6.92 Å². The summed E-state index contributed by atoms with van der Waals surface area (Å²) in [6.45, 7) is 7.31. The normalized spacial score (nSPS) is 12.4. The standard InChI is InChI=1S/C17H17F3N4O3.C2H6/c1-8(10-4-5-13(11(18)6-10)27-17(3,19)20)24-15-14(12(7-25)23-24)16(26)22-9(2)21-15;1-2/h4-6,8,25H,7H2,1-3H3,(H,21,22,26);1-2H3. The number of aryl methyl sites for hydroxylation is 1. The van der Waals surface area contributed by atoms with Gasteiger partial charge in [-0.1, -0.05) is 19.9 Å². The van der Waals surface area contributed by atoms with Gasteiger partial charge in [-0.15, -0.1) is 0 Å². The summed E-state index contributed by atoms with van der Waals surface area (Å²) in [4.78, 5) is 19.0. The SMILES string of the molecule is CC.Cc1nc2c(c(CO)nn2C(C)c2ccc(OC(C)(F)F)c(F)c2)c(=O)[nH]1. The van der Waals surface area contributed by atoms with Gasteiger partial charge in [0.2, 0.25) is 0 Å². The summed E-state index contributed by atoms with van der Waals surface area (Å²) >= 11 is 0. The van der Waals surface area contributed by atoms with Crippen LogP contribution in [0, 0.1) is 12.7 Å². The lowest BCUT2D eigenvalue weighted by atomic mass is 10.1. The topological polar surface area (TPSA) is 93.0 Å². The average Bonchev–Trinajstić information content (AvgIpc) is 3.02. The number of hydrogen-bond acceptors (Lipinski definition) is 5. The van der Waals surface area contributed by atoms with Crippen LogP contribution in [0.25, 0.3) is 11.0 Å². The highest BCUT2D eigenvalue weighted by Gasteiger charge is 2.26. The van der Waals surface area contributed by atoms with E-state index in [-0.39, 0.29) is 16.7 Å². The first-order valence-corrected chi connectivity index (χ1v) is 9.06. The molecule has 0 amide bonds. The number of H-pyrrole nitrogens is 1. The van der Waals surface area contributed by atoms with Crippen LogP contribution in [-0.4, -0.2) is 31.0 Å². The minimum atomic E-state index is -3.51. The highest BCUT2D eigenvalue weighted by Crippen LogP contribution is 2.29. The number of halogens is 3. The molecule has 3 rings (SSSR count). The molecule has 1 aromatic carbocycles. The van der Waals surface area contributed by atoms with Crippen molar-refractivity contribution in [3.05, 3.63) is 51.5 Å². The molecule has 10 heteroatoms. The summed E-state index contributed by atoms with van der Waals surface area (Å²) in [5.74, 6) is -1.18. The van der Waals surface area contributed by atoms with Gasteiger partial charge in [-0.3, -0.25) is 4.79 Å². The van der Waals surface area contributed by atoms with Gasteiger partial charge in [0.25, 0.3) is 5.56 Å². The molecule has 0 bridgehead atoms. The Bertz CT molecular complexity index is 1060. The van der Waals surface area contributed by atoms with E-state index < -0.39 is 35.9 Å². The lowest BCUT2D eigenvalue weighted by Gasteiger charge is -2.17. The molecule has 0 fully saturated rings. The third-order valence-corrected chi connectivity index (χ3v) is 4.00. The molecule has 2 N–H and O–H groups in total. The predicted molar refractivity (Wildman–Crippen MR) is 102 cm³/mol. The van der Waals surface area contributed by atoms with Crippen LogP contribution in [0.4, 0.5) is 13.2 Å². The molecule has 2 heterocycles. The smallest absolute Gasteiger partial charge is 0.395 e. The molecular weight excluding hydrogens is 389 g/mol. The molecule has 3 aromatic rings. The molecule has 0 aliphatic rings. The van der Waals surface area contributed by atoms with Crippen LogP contribution in [0.15, 0.2) is 23.0 Å². The zero-order valence-corrected chi connectivity index (χ0v) is 16.8. The summed E-state index contributed by atoms with van der Waals surface area (Å²) in [5.41, 5.74) is 0.318. The van der Waals surface area contributed by atoms with Crippen LogP contribution in [0.5, 0.6) is 5.75 Å². The first-order valence-electron chi connectivity index (χ1n) is 9.06. The van der Waals surface area contributed by atoms with Gasteiger partial charge in [0.15, 0.2) is 17.2 Å². The van der Waals surface area contributed by atoms with E-state index in [1.807, 2.05) is 13.8 Å². The van der Waals surface area contributed by atoms with Crippen LogP contribution in [0.2, 0.25) is 0 Å². The molecule has 158 valence electrons. The Hall–Kier alpha value is -2.88. The Labute approximate surface area is 165 Å². The number of alkyl halides is 2. The van der Waals surface area contributed by atoms with Crippen LogP contribution >= 0.6 is 0 Å². The van der Waals surface area contributed by atoms with Crippen LogP contribution < -0.4 is 10.3 Å². The third kappa shape index (κ3) is 4.76. The van der Waals surface area contributed by atoms with E-state index in [2.05, 4.69) is 19.8 Å². The highest BCUT2D eigenvalue weighted by molar-refractivity contribution is 5.77. The van der Waals surface area contributed by atoms with Gasteiger partial charge < -0.3 is 14.8 Å². The summed E-state index contributed by atoms with van der Waals surface area (Å²) in [7, 11) is 0. The van der Waals surface area contributed by atoms with Gasteiger partial charge in [0.1, 0.15) is 16.9 Å². The monoisotopic (exact) mass is 412 g/mol. The van der Waals surface area contributed by atoms with Crippen LogP contribution in [0.3, 0.4) is 0 Å². The number of benzene rings is 1. The molecule has 7 nitrogen and oxygen atoms in total. The molecule has 0 radical (unpaired) electrons. The van der Waals surface area contributed by atoms with Gasteiger partial charge >= 0.3 is 6.11 Å². The van der Waals surface area contributed by atoms with Gasteiger partial charge in [-0.25, -0.2) is 14.1 Å². The second-order valence-electron chi connectivity index (χ2n) is 6.18. The third-order valence-electron chi connectivity index (χ3n) is 4.00. The Morgan fingerprint density at radius 3 is 2.55 bits per heavy atom. The van der Waals surface area contributed by atoms with Crippen molar-refractivity contribution in [3.63, 3.8) is 0 Å². The second-order valence-corrected chi connectivity index (χ2v) is 6.18. The number of aliphatic hydroxyl groups is 1. The van der Waals surface area contributed by atoms with E-state index in [0.29, 0.717) is 18.3 Å². The van der Waals surface area contributed by atoms with E-state index in [0.717, 1.165) is 12.1 Å². The molecule has 0 aliphatic heterocycles. The minimum absolute atomic E-state index is 0.136. The lowest BCUT2D eigenvalue weighted by molar-refractivity contribution is -0.160. The van der Waals surface area contributed by atoms with Crippen molar-refractivity contribution in [3.8, 4) is 5.75 Å². The first kappa shape index (κ1) is 22.4. The Balaban J connectivity index is 0.00000145. The number of rotatable bonds is 5. The number of nitrogens with one attached hydrogen (secondary N) is 1. The maximum Gasteiger partial charge on any atom is 0.395 e. The number of hydrogen-bond donors (Lipinski definition) is 2. The molecule has 2 aromatic heterocycles. The number of nitrogens with zero attached hydrogens (tertiary/aromatic N) is 3. The number of aliphatic hydroxyl groups excluding tert-OH is 1. The molecule has 29 heavy (non-hydrogen) atoms. The number of aromatic amines is 1. The van der Waals surface area contributed by atoms with Gasteiger partial charge in [0.05, 0.1) is 12.6 Å². The van der Waals surface area contributed by atoms with Gasteiger partial charge in [-0.2, -0.15) is 13.9 Å². The zero-order chi connectivity index (χ0) is 21.9. The molecule has 1 atom stereocenters. The quantitative estimate of drug-likeness (QED) is 0.667. The molecule has 0 spiro atoms. The first-order chi connectivity index (χ1) is 13.6. The number of aromatic nitrogens is 4. The molecule has 0 aliphatic carbocycles. The molecule has 0 saturated heterocycles. The fraction of sp³-hybridized carbons (Fsp3) is 0.421. The van der Waals surface area contributed by atoms with Gasteiger partial charge in [-0.05, 0) is 31.5 Å². The van der Waals surface area contributed by atoms with E-state index >= 15 is 0 Å². The van der Waals surface area contributed by atoms with E-state index in [4.69, 9.17) is 0 Å². The van der Waals surface area contributed by atoms with Crippen LogP contribution in [0.1, 0.15) is 50.8 Å². The highest BCUT2D eigenvalue weighted by atomic mass is 19.3. The summed E-state index contributed by atoms with van der Waals surface area (Å²) in [5, 5.41) is 13.8. The molecular formula is C19H23F3N4O3. The fourth-order valence-corrected chi connectivity index (χ4v) is 2.80. The summed E-state index contributed by atoms with van der Waals surface area (Å²) < 4.78 is 45.7. The van der Waals surface area contributed by atoms with Crippen molar-refractivity contribution in [2.45, 2.75) is 53.4 Å². The largest absolute Gasteiger partial charge is 0.430 e. The van der Waals surface area contributed by atoms with E-state index in [1.165, 1.54) is 10.7 Å². The summed E-state index contributed by atoms with van der Waals surface area (Å²) in [6, 6.07) is 2.98. The predicted octanol–water partition coefficient (Wildman–Crippen LogP) is 3.69. The van der Waals surface area contributed by atoms with Crippen molar-refractivity contribution in [1.82, 2.24) is 19.7 Å². The van der Waals surface area contributed by atoms with Crippen molar-refractivity contribution in [1.29, 1.82) is 0 Å². The Kier molecular flexibility index (Phi) is 6.68. The van der Waals surface area contributed by atoms with Crippen molar-refractivity contribution < 1.29 is 23.0 Å². The molecule has 0 saturated carbocycles. The zero-order valence-electron chi connectivity index (χ0n) is 16.8. The van der Waals surface area contributed by atoms with Crippen molar-refractivity contribution in [2.24, 2.45) is 0 Å². The lowest BCUT2D eigenvalue weighted by Crippen LogP contribution is -2.20. The van der Waals surface area contributed by atoms with Crippen molar-refractivity contribution in [2.75, 3.05) is 0 Å². The maximum atomic E-state index is 14.2. The maximum absolute atomic E-state index is 14.2. The number of fused-ring (bicyclic) bond motifs is 1. The minimum Gasteiger partial charge on any atom is -0.430 e. The Morgan fingerprint density at radius 2 is 2.00 bits per heavy atom. The molecule has 1 unspecified atom stereocenters. The average molecular weight is 412 g/mol. The van der Waals surface area contributed by atoms with E-state index in [1.54, 1.807) is 13.8 Å². The summed E-state index contributed by atoms with van der Waals surface area (Å²) in [6.07, 6.45) is -3.51. The second kappa shape index (κ2) is 8.64.